The summed E-state index contributed by atoms with van der Waals surface area (Å²) in [6.45, 7) is 1.05. The summed E-state index contributed by atoms with van der Waals surface area (Å²) < 4.78 is 7.03. The van der Waals surface area contributed by atoms with Gasteiger partial charge in [-0.25, -0.2) is 4.98 Å². The van der Waals surface area contributed by atoms with Crippen LogP contribution in [0.2, 0.25) is 0 Å². The molecule has 1 unspecified atom stereocenters. The number of carbonyl (C=O) groups excluding carboxylic acids is 2. The van der Waals surface area contributed by atoms with Crippen molar-refractivity contribution in [2.45, 2.75) is 51.2 Å². The Morgan fingerprint density at radius 3 is 2.88 bits per heavy atom. The van der Waals surface area contributed by atoms with Crippen LogP contribution in [0.15, 0.2) is 35.3 Å². The minimum absolute atomic E-state index is 0.0494. The van der Waals surface area contributed by atoms with E-state index in [9.17, 15) is 14.4 Å². The van der Waals surface area contributed by atoms with Crippen molar-refractivity contribution in [2.24, 2.45) is 0 Å². The Hall–Kier alpha value is -3.04. The number of benzene rings is 1. The number of amides is 2. The third-order valence-corrected chi connectivity index (χ3v) is 7.43. The third kappa shape index (κ3) is 4.56. The second-order valence-corrected chi connectivity index (χ2v) is 9.58. The summed E-state index contributed by atoms with van der Waals surface area (Å²) in [5.41, 5.74) is 2.50. The first-order chi connectivity index (χ1) is 16.1. The van der Waals surface area contributed by atoms with Crippen LogP contribution in [0.5, 0.6) is 0 Å². The van der Waals surface area contributed by atoms with Crippen LogP contribution in [0.1, 0.15) is 46.5 Å². The zero-order valence-corrected chi connectivity index (χ0v) is 19.1. The maximum absolute atomic E-state index is 13.1. The fourth-order valence-electron chi connectivity index (χ4n) is 4.58. The van der Waals surface area contributed by atoms with Gasteiger partial charge in [-0.15, -0.1) is 11.3 Å². The molecule has 1 fully saturated rings. The molecule has 1 saturated heterocycles. The van der Waals surface area contributed by atoms with Crippen molar-refractivity contribution in [3.63, 3.8) is 0 Å². The van der Waals surface area contributed by atoms with E-state index in [4.69, 9.17) is 4.74 Å². The van der Waals surface area contributed by atoms with Crippen molar-refractivity contribution >= 4 is 39.2 Å². The highest BCUT2D eigenvalue weighted by Crippen LogP contribution is 2.38. The largest absolute Gasteiger partial charge is 0.376 e. The molecule has 8 nitrogen and oxygen atoms in total. The van der Waals surface area contributed by atoms with Gasteiger partial charge in [0.25, 0.3) is 11.5 Å². The lowest BCUT2D eigenvalue weighted by atomic mass is 9.95. The fourth-order valence-corrected chi connectivity index (χ4v) is 5.88. The van der Waals surface area contributed by atoms with Crippen LogP contribution in [0.3, 0.4) is 0 Å². The molecule has 0 saturated carbocycles. The lowest BCUT2D eigenvalue weighted by Crippen LogP contribution is -2.33. The minimum atomic E-state index is -0.347. The number of aromatic nitrogens is 2. The van der Waals surface area contributed by atoms with E-state index in [2.05, 4.69) is 15.6 Å². The Balaban J connectivity index is 1.38. The monoisotopic (exact) mass is 466 g/mol. The lowest BCUT2D eigenvalue weighted by Gasteiger charge is -2.15. The SMILES string of the molecule is O=C(Cn1c(=O)cnc2ccccc21)Nc1sc2c(c1C(=O)NCC1CCCO1)CCCC2. The summed E-state index contributed by atoms with van der Waals surface area (Å²) in [6.07, 6.45) is 7.09. The van der Waals surface area contributed by atoms with Crippen molar-refractivity contribution in [3.05, 3.63) is 56.8 Å². The van der Waals surface area contributed by atoms with E-state index in [0.29, 0.717) is 28.1 Å². The molecule has 0 bridgehead atoms. The van der Waals surface area contributed by atoms with Crippen LogP contribution in [0.25, 0.3) is 11.0 Å². The number of hydrogen-bond acceptors (Lipinski definition) is 6. The summed E-state index contributed by atoms with van der Waals surface area (Å²) in [5.74, 6) is -0.521. The van der Waals surface area contributed by atoms with Crippen molar-refractivity contribution in [1.29, 1.82) is 0 Å². The second kappa shape index (κ2) is 9.44. The molecular weight excluding hydrogens is 440 g/mol. The number of rotatable bonds is 6. The molecule has 9 heteroatoms. The molecular formula is C24H26N4O4S. The van der Waals surface area contributed by atoms with Crippen LogP contribution >= 0.6 is 11.3 Å². The lowest BCUT2D eigenvalue weighted by molar-refractivity contribution is -0.116. The summed E-state index contributed by atoms with van der Waals surface area (Å²) in [4.78, 5) is 43.9. The highest BCUT2D eigenvalue weighted by Gasteiger charge is 2.27. The zero-order valence-electron chi connectivity index (χ0n) is 18.3. The Labute approximate surface area is 195 Å². The number of ether oxygens (including phenoxy) is 1. The normalized spacial score (nSPS) is 17.6. The predicted molar refractivity (Wildman–Crippen MR) is 127 cm³/mol. The summed E-state index contributed by atoms with van der Waals surface area (Å²) >= 11 is 1.47. The van der Waals surface area contributed by atoms with E-state index in [1.807, 2.05) is 12.1 Å². The molecule has 1 aromatic carbocycles. The van der Waals surface area contributed by atoms with Crippen LogP contribution in [0, 0.1) is 0 Å². The molecule has 3 aromatic rings. The molecule has 0 spiro atoms. The van der Waals surface area contributed by atoms with Crippen LogP contribution < -0.4 is 16.2 Å². The Morgan fingerprint density at radius 1 is 1.18 bits per heavy atom. The molecule has 1 aliphatic heterocycles. The van der Waals surface area contributed by atoms with Gasteiger partial charge in [-0.2, -0.15) is 0 Å². The molecule has 2 aromatic heterocycles. The first kappa shape index (κ1) is 21.8. The van der Waals surface area contributed by atoms with Gasteiger partial charge in [0.15, 0.2) is 0 Å². The number of fused-ring (bicyclic) bond motifs is 2. The summed E-state index contributed by atoms with van der Waals surface area (Å²) in [5, 5.41) is 6.48. The van der Waals surface area contributed by atoms with Crippen molar-refractivity contribution in [1.82, 2.24) is 14.9 Å². The number of carbonyl (C=O) groups is 2. The van der Waals surface area contributed by atoms with Gasteiger partial charge < -0.3 is 15.4 Å². The second-order valence-electron chi connectivity index (χ2n) is 8.48. The number of para-hydroxylation sites is 2. The van der Waals surface area contributed by atoms with Crippen LogP contribution in [0.4, 0.5) is 5.00 Å². The average molecular weight is 467 g/mol. The van der Waals surface area contributed by atoms with Crippen LogP contribution in [-0.4, -0.2) is 40.6 Å². The molecule has 172 valence electrons. The molecule has 3 heterocycles. The number of aryl methyl sites for hydroxylation is 1. The van der Waals surface area contributed by atoms with Crippen molar-refractivity contribution in [2.75, 3.05) is 18.5 Å². The Bertz CT molecular complexity index is 1260. The van der Waals surface area contributed by atoms with Gasteiger partial charge >= 0.3 is 0 Å². The van der Waals surface area contributed by atoms with E-state index in [1.54, 1.807) is 12.1 Å². The number of hydrogen-bond donors (Lipinski definition) is 2. The molecule has 2 aliphatic rings. The Kier molecular flexibility index (Phi) is 6.24. The number of nitrogens with one attached hydrogen (secondary N) is 2. The average Bonchev–Trinajstić information content (AvgIpc) is 3.47. The van der Waals surface area contributed by atoms with Gasteiger partial charge in [-0.05, 0) is 56.2 Å². The van der Waals surface area contributed by atoms with Gasteiger partial charge in [-0.1, -0.05) is 12.1 Å². The molecule has 1 atom stereocenters. The van der Waals surface area contributed by atoms with E-state index >= 15 is 0 Å². The minimum Gasteiger partial charge on any atom is -0.376 e. The fraction of sp³-hybridized carbons (Fsp3) is 0.417. The smallest absolute Gasteiger partial charge is 0.269 e. The van der Waals surface area contributed by atoms with E-state index in [-0.39, 0.29) is 30.0 Å². The summed E-state index contributed by atoms with van der Waals surface area (Å²) in [6, 6.07) is 7.21. The highest BCUT2D eigenvalue weighted by atomic mass is 32.1. The molecule has 33 heavy (non-hydrogen) atoms. The maximum Gasteiger partial charge on any atom is 0.269 e. The molecule has 2 amide bonds. The van der Waals surface area contributed by atoms with Gasteiger partial charge in [0.2, 0.25) is 5.91 Å². The highest BCUT2D eigenvalue weighted by molar-refractivity contribution is 7.17. The van der Waals surface area contributed by atoms with E-state index < -0.39 is 0 Å². The topological polar surface area (TPSA) is 102 Å². The van der Waals surface area contributed by atoms with Crippen molar-refractivity contribution < 1.29 is 14.3 Å². The first-order valence-electron chi connectivity index (χ1n) is 11.4. The molecule has 5 rings (SSSR count). The third-order valence-electron chi connectivity index (χ3n) is 6.22. The predicted octanol–water partition coefficient (Wildman–Crippen LogP) is 2.88. The Morgan fingerprint density at radius 2 is 2.03 bits per heavy atom. The summed E-state index contributed by atoms with van der Waals surface area (Å²) in [7, 11) is 0. The van der Waals surface area contributed by atoms with E-state index in [0.717, 1.165) is 55.6 Å². The molecule has 0 radical (unpaired) electrons. The van der Waals surface area contributed by atoms with Gasteiger partial charge in [0, 0.05) is 18.0 Å². The van der Waals surface area contributed by atoms with Gasteiger partial charge in [-0.3, -0.25) is 19.0 Å². The van der Waals surface area contributed by atoms with Crippen molar-refractivity contribution in [3.8, 4) is 0 Å². The zero-order chi connectivity index (χ0) is 22.8. The number of thiophene rings is 1. The van der Waals surface area contributed by atoms with Gasteiger partial charge in [0.1, 0.15) is 11.5 Å². The number of nitrogens with zero attached hydrogens (tertiary/aromatic N) is 2. The molecule has 1 aliphatic carbocycles. The number of anilines is 1. The maximum atomic E-state index is 13.1. The van der Waals surface area contributed by atoms with Crippen LogP contribution in [-0.2, 0) is 28.9 Å². The standard InChI is InChI=1S/C24H26N4O4S/c29-20(14-28-18-9-3-2-8-17(18)25-13-21(28)30)27-24-22(16-7-1-4-10-19(16)33-24)23(31)26-12-15-6-5-11-32-15/h2-3,8-9,13,15H,1,4-7,10-12,14H2,(H,26,31)(H,27,29). The van der Waals surface area contributed by atoms with Gasteiger partial charge in [0.05, 0.1) is 28.9 Å². The molecule has 2 N–H and O–H groups in total. The van der Waals surface area contributed by atoms with E-state index in [1.165, 1.54) is 22.1 Å². The quantitative estimate of drug-likeness (QED) is 0.582. The first-order valence-corrected chi connectivity index (χ1v) is 12.2.